The van der Waals surface area contributed by atoms with Gasteiger partial charge in [0.2, 0.25) is 5.88 Å². The Bertz CT molecular complexity index is 1370. The van der Waals surface area contributed by atoms with Crippen molar-refractivity contribution in [1.82, 2.24) is 4.98 Å². The van der Waals surface area contributed by atoms with Crippen LogP contribution in [-0.2, 0) is 6.42 Å². The van der Waals surface area contributed by atoms with E-state index < -0.39 is 0 Å². The van der Waals surface area contributed by atoms with E-state index in [2.05, 4.69) is 28.2 Å². The van der Waals surface area contributed by atoms with E-state index in [-0.39, 0.29) is 11.4 Å². The molecule has 0 aliphatic heterocycles. The minimum Gasteiger partial charge on any atom is -0.494 e. The van der Waals surface area contributed by atoms with Crippen molar-refractivity contribution in [1.29, 1.82) is 5.26 Å². The lowest BCUT2D eigenvalue weighted by atomic mass is 10.00. The SMILES string of the molecule is CSc1ccc(-c2ccc3c(=O)[nH]c(O)c(C=Nc4ccc(CC#N)cc4)c3c2)cc1. The lowest BCUT2D eigenvalue weighted by molar-refractivity contribution is 0.452. The molecule has 1 aromatic heterocycles. The molecule has 6 heteroatoms. The van der Waals surface area contributed by atoms with Gasteiger partial charge in [-0.3, -0.25) is 14.8 Å². The van der Waals surface area contributed by atoms with Crippen LogP contribution in [0.3, 0.4) is 0 Å². The number of benzene rings is 3. The molecule has 0 aliphatic rings. The van der Waals surface area contributed by atoms with Crippen molar-refractivity contribution in [3.05, 3.63) is 88.2 Å². The summed E-state index contributed by atoms with van der Waals surface area (Å²) in [5.41, 5.74) is 3.66. The number of nitrogens with one attached hydrogen (secondary N) is 1. The molecule has 31 heavy (non-hydrogen) atoms. The van der Waals surface area contributed by atoms with Crippen LogP contribution in [0.2, 0.25) is 0 Å². The fourth-order valence-electron chi connectivity index (χ4n) is 3.36. The van der Waals surface area contributed by atoms with Gasteiger partial charge in [0.15, 0.2) is 0 Å². The van der Waals surface area contributed by atoms with Crippen molar-refractivity contribution in [3.8, 4) is 23.1 Å². The minimum absolute atomic E-state index is 0.225. The van der Waals surface area contributed by atoms with Gasteiger partial charge in [0, 0.05) is 21.9 Å². The lowest BCUT2D eigenvalue weighted by Crippen LogP contribution is -2.08. The highest BCUT2D eigenvalue weighted by Gasteiger charge is 2.11. The molecule has 0 saturated heterocycles. The number of aromatic amines is 1. The number of hydrogen-bond donors (Lipinski definition) is 2. The highest BCUT2D eigenvalue weighted by atomic mass is 32.2. The van der Waals surface area contributed by atoms with Crippen LogP contribution in [0.15, 0.2) is 81.4 Å². The van der Waals surface area contributed by atoms with Gasteiger partial charge in [0.05, 0.1) is 23.7 Å². The highest BCUT2D eigenvalue weighted by molar-refractivity contribution is 7.98. The number of pyridine rings is 1. The van der Waals surface area contributed by atoms with Gasteiger partial charge in [-0.05, 0) is 59.3 Å². The number of aromatic nitrogens is 1. The number of nitriles is 1. The molecule has 0 amide bonds. The number of hydrogen-bond acceptors (Lipinski definition) is 5. The summed E-state index contributed by atoms with van der Waals surface area (Å²) < 4.78 is 0. The average molecular weight is 426 g/mol. The van der Waals surface area contributed by atoms with Crippen molar-refractivity contribution >= 4 is 34.4 Å². The van der Waals surface area contributed by atoms with Gasteiger partial charge in [-0.2, -0.15) is 5.26 Å². The molecule has 0 bridgehead atoms. The van der Waals surface area contributed by atoms with E-state index in [1.807, 2.05) is 54.8 Å². The second kappa shape index (κ2) is 8.90. The molecule has 1 heterocycles. The van der Waals surface area contributed by atoms with Crippen molar-refractivity contribution in [3.63, 3.8) is 0 Å². The molecule has 2 N–H and O–H groups in total. The van der Waals surface area contributed by atoms with Crippen molar-refractivity contribution in [2.24, 2.45) is 4.99 Å². The van der Waals surface area contributed by atoms with Crippen LogP contribution in [0, 0.1) is 11.3 Å². The summed E-state index contributed by atoms with van der Waals surface area (Å²) in [5.74, 6) is -0.225. The number of nitrogens with zero attached hydrogens (tertiary/aromatic N) is 2. The summed E-state index contributed by atoms with van der Waals surface area (Å²) in [6, 6.07) is 23.2. The van der Waals surface area contributed by atoms with Crippen LogP contribution in [0.1, 0.15) is 11.1 Å². The highest BCUT2D eigenvalue weighted by Crippen LogP contribution is 2.29. The Morgan fingerprint density at radius 3 is 2.42 bits per heavy atom. The third kappa shape index (κ3) is 4.37. The summed E-state index contributed by atoms with van der Waals surface area (Å²) in [4.78, 5) is 20.5. The van der Waals surface area contributed by atoms with Crippen LogP contribution < -0.4 is 5.56 Å². The Morgan fingerprint density at radius 2 is 1.74 bits per heavy atom. The zero-order valence-electron chi connectivity index (χ0n) is 16.8. The maximum absolute atomic E-state index is 12.4. The molecular weight excluding hydrogens is 406 g/mol. The number of rotatable bonds is 5. The average Bonchev–Trinajstić information content (AvgIpc) is 2.80. The summed E-state index contributed by atoms with van der Waals surface area (Å²) in [7, 11) is 0. The van der Waals surface area contributed by atoms with E-state index in [1.165, 1.54) is 4.90 Å². The fraction of sp³-hybridized carbons (Fsp3) is 0.0800. The molecule has 0 unspecified atom stereocenters. The molecule has 4 aromatic rings. The maximum atomic E-state index is 12.4. The third-order valence-corrected chi connectivity index (χ3v) is 5.77. The Labute approximate surface area is 183 Å². The Kier molecular flexibility index (Phi) is 5.87. The first-order valence-corrected chi connectivity index (χ1v) is 10.8. The molecule has 152 valence electrons. The largest absolute Gasteiger partial charge is 0.494 e. The number of H-pyrrole nitrogens is 1. The molecule has 3 aromatic carbocycles. The van der Waals surface area contributed by atoms with Crippen molar-refractivity contribution in [2.45, 2.75) is 11.3 Å². The first-order chi connectivity index (χ1) is 15.1. The maximum Gasteiger partial charge on any atom is 0.258 e. The van der Waals surface area contributed by atoms with Gasteiger partial charge in [-0.15, -0.1) is 11.8 Å². The molecule has 0 saturated carbocycles. The summed E-state index contributed by atoms with van der Waals surface area (Å²) in [6.07, 6.45) is 3.92. The van der Waals surface area contributed by atoms with Crippen LogP contribution in [0.25, 0.3) is 21.9 Å². The van der Waals surface area contributed by atoms with Gasteiger partial charge in [-0.25, -0.2) is 0 Å². The molecule has 5 nitrogen and oxygen atoms in total. The van der Waals surface area contributed by atoms with Crippen molar-refractivity contribution < 1.29 is 5.11 Å². The standard InChI is InChI=1S/C25H19N3O2S/c1-31-20-9-4-17(5-10-20)18-6-11-21-22(14-18)23(25(30)28-24(21)29)15-27-19-7-2-16(3-8-19)12-13-26/h2-11,14-15H,12H2,1H3,(H2,28,29,30). The lowest BCUT2D eigenvalue weighted by Gasteiger charge is -2.08. The zero-order valence-corrected chi connectivity index (χ0v) is 17.6. The second-order valence-electron chi connectivity index (χ2n) is 6.96. The van der Waals surface area contributed by atoms with Crippen molar-refractivity contribution in [2.75, 3.05) is 6.26 Å². The number of aromatic hydroxyl groups is 1. The fourth-order valence-corrected chi connectivity index (χ4v) is 3.77. The van der Waals surface area contributed by atoms with E-state index >= 15 is 0 Å². The molecular formula is C25H19N3O2S. The monoisotopic (exact) mass is 425 g/mol. The van der Waals surface area contributed by atoms with E-state index in [0.717, 1.165) is 16.7 Å². The second-order valence-corrected chi connectivity index (χ2v) is 7.84. The predicted octanol–water partition coefficient (Wildman–Crippen LogP) is 5.44. The summed E-state index contributed by atoms with van der Waals surface area (Å²) in [6.45, 7) is 0. The van der Waals surface area contributed by atoms with Crippen LogP contribution >= 0.6 is 11.8 Å². The molecule has 0 spiro atoms. The Morgan fingerprint density at radius 1 is 1.03 bits per heavy atom. The molecule has 0 aliphatic carbocycles. The number of aliphatic imine (C=N–C) groups is 1. The molecule has 0 atom stereocenters. The van der Waals surface area contributed by atoms with Crippen LogP contribution in [0.4, 0.5) is 5.69 Å². The first-order valence-electron chi connectivity index (χ1n) is 9.62. The topological polar surface area (TPSA) is 89.2 Å². The summed E-state index contributed by atoms with van der Waals surface area (Å²) >= 11 is 1.68. The molecule has 0 fully saturated rings. The Balaban J connectivity index is 1.78. The predicted molar refractivity (Wildman–Crippen MR) is 126 cm³/mol. The normalized spacial score (nSPS) is 11.1. The minimum atomic E-state index is -0.352. The third-order valence-electron chi connectivity index (χ3n) is 5.03. The van der Waals surface area contributed by atoms with E-state index in [1.54, 1.807) is 24.0 Å². The quantitative estimate of drug-likeness (QED) is 0.329. The van der Waals surface area contributed by atoms with E-state index in [4.69, 9.17) is 5.26 Å². The van der Waals surface area contributed by atoms with Gasteiger partial charge >= 0.3 is 0 Å². The van der Waals surface area contributed by atoms with E-state index in [9.17, 15) is 9.90 Å². The smallest absolute Gasteiger partial charge is 0.258 e. The molecule has 0 radical (unpaired) electrons. The van der Waals surface area contributed by atoms with E-state index in [0.29, 0.717) is 28.4 Å². The van der Waals surface area contributed by atoms with Gasteiger partial charge in [-0.1, -0.05) is 30.3 Å². The van der Waals surface area contributed by atoms with Crippen LogP contribution in [0.5, 0.6) is 5.88 Å². The number of thioether (sulfide) groups is 1. The van der Waals surface area contributed by atoms with Crippen LogP contribution in [-0.4, -0.2) is 22.6 Å². The van der Waals surface area contributed by atoms with Gasteiger partial charge in [0.25, 0.3) is 5.56 Å². The zero-order chi connectivity index (χ0) is 21.8. The number of fused-ring (bicyclic) bond motifs is 1. The van der Waals surface area contributed by atoms with Gasteiger partial charge < -0.3 is 5.11 Å². The molecule has 4 rings (SSSR count). The Hall–Kier alpha value is -3.82. The first kappa shape index (κ1) is 20.5. The van der Waals surface area contributed by atoms with Gasteiger partial charge in [0.1, 0.15) is 0 Å². The summed E-state index contributed by atoms with van der Waals surface area (Å²) in [5, 5.41) is 20.3.